The van der Waals surface area contributed by atoms with Crippen molar-refractivity contribution in [1.82, 2.24) is 4.98 Å². The van der Waals surface area contributed by atoms with Crippen LogP contribution in [0.5, 0.6) is 0 Å². The Morgan fingerprint density at radius 3 is 2.09 bits per heavy atom. The summed E-state index contributed by atoms with van der Waals surface area (Å²) in [6, 6.07) is 29.4. The van der Waals surface area contributed by atoms with Gasteiger partial charge in [-0.1, -0.05) is 48.5 Å². The van der Waals surface area contributed by atoms with Crippen molar-refractivity contribution in [1.29, 1.82) is 0 Å². The molecule has 110 valence electrons. The topological polar surface area (TPSA) is 16.1 Å². The molecular weight excluding hydrogens is 280 g/mol. The average molecular weight is 296 g/mol. The predicted octanol–water partition coefficient (Wildman–Crippen LogP) is 5.70. The zero-order valence-corrected chi connectivity index (χ0v) is 12.6. The van der Waals surface area contributed by atoms with Crippen molar-refractivity contribution in [3.8, 4) is 0 Å². The second-order valence-corrected chi connectivity index (χ2v) is 5.41. The number of pyridine rings is 1. The van der Waals surface area contributed by atoms with Gasteiger partial charge in [0.25, 0.3) is 0 Å². The van der Waals surface area contributed by atoms with E-state index in [4.69, 9.17) is 0 Å². The van der Waals surface area contributed by atoms with Crippen molar-refractivity contribution in [3.63, 3.8) is 0 Å². The fourth-order valence-electron chi connectivity index (χ4n) is 2.83. The van der Waals surface area contributed by atoms with Crippen molar-refractivity contribution < 1.29 is 0 Å². The molecule has 4 aromatic rings. The third-order valence-electron chi connectivity index (χ3n) is 3.91. The van der Waals surface area contributed by atoms with Crippen molar-refractivity contribution >= 4 is 27.8 Å². The van der Waals surface area contributed by atoms with Gasteiger partial charge < -0.3 is 4.90 Å². The third kappa shape index (κ3) is 2.67. The smallest absolute Gasteiger partial charge is 0.0644 e. The monoisotopic (exact) mass is 296 g/mol. The first-order chi connectivity index (χ1) is 11.4. The highest BCUT2D eigenvalue weighted by atomic mass is 15.1. The molecule has 0 amide bonds. The minimum atomic E-state index is 1.05. The molecule has 3 aromatic carbocycles. The molecule has 0 atom stereocenters. The molecule has 1 aromatic heterocycles. The number of aromatic nitrogens is 1. The van der Waals surface area contributed by atoms with Crippen molar-refractivity contribution in [2.24, 2.45) is 0 Å². The molecule has 0 saturated heterocycles. The van der Waals surface area contributed by atoms with Crippen LogP contribution in [0.1, 0.15) is 0 Å². The van der Waals surface area contributed by atoms with E-state index in [1.165, 1.54) is 10.8 Å². The number of rotatable bonds is 3. The molecule has 0 bridgehead atoms. The highest BCUT2D eigenvalue weighted by Crippen LogP contribution is 2.35. The summed E-state index contributed by atoms with van der Waals surface area (Å²) >= 11 is 0. The Balaban J connectivity index is 1.90. The van der Waals surface area contributed by atoms with E-state index < -0.39 is 0 Å². The van der Waals surface area contributed by atoms with Crippen LogP contribution in [0.25, 0.3) is 10.8 Å². The Morgan fingerprint density at radius 2 is 1.30 bits per heavy atom. The fraction of sp³-hybridized carbons (Fsp3) is 0. The Labute approximate surface area is 135 Å². The first-order valence-electron chi connectivity index (χ1n) is 7.66. The number of para-hydroxylation sites is 1. The van der Waals surface area contributed by atoms with Crippen LogP contribution in [0, 0.1) is 0 Å². The van der Waals surface area contributed by atoms with Gasteiger partial charge in [-0.15, -0.1) is 0 Å². The molecule has 4 rings (SSSR count). The van der Waals surface area contributed by atoms with Crippen molar-refractivity contribution in [3.05, 3.63) is 97.3 Å². The molecule has 0 fully saturated rings. The van der Waals surface area contributed by atoms with Gasteiger partial charge in [-0.2, -0.15) is 0 Å². The van der Waals surface area contributed by atoms with E-state index in [0.717, 1.165) is 17.1 Å². The lowest BCUT2D eigenvalue weighted by molar-refractivity contribution is 1.23. The van der Waals surface area contributed by atoms with Gasteiger partial charge in [-0.05, 0) is 47.2 Å². The lowest BCUT2D eigenvalue weighted by Gasteiger charge is -2.25. The summed E-state index contributed by atoms with van der Waals surface area (Å²) < 4.78 is 0. The van der Waals surface area contributed by atoms with Crippen LogP contribution in [-0.4, -0.2) is 4.98 Å². The Bertz CT molecular complexity index is 878. The van der Waals surface area contributed by atoms with Crippen LogP contribution in [0.2, 0.25) is 0 Å². The minimum absolute atomic E-state index is 1.05. The van der Waals surface area contributed by atoms with Crippen LogP contribution < -0.4 is 4.90 Å². The zero-order valence-electron chi connectivity index (χ0n) is 12.6. The fourth-order valence-corrected chi connectivity index (χ4v) is 2.83. The lowest BCUT2D eigenvalue weighted by Crippen LogP contribution is -2.09. The second kappa shape index (κ2) is 5.93. The number of fused-ring (bicyclic) bond motifs is 1. The van der Waals surface area contributed by atoms with Gasteiger partial charge in [0.2, 0.25) is 0 Å². The van der Waals surface area contributed by atoms with E-state index in [1.807, 2.05) is 18.3 Å². The molecule has 2 heteroatoms. The Kier molecular flexibility index (Phi) is 3.49. The standard InChI is InChI=1S/C21H16N2/c1-2-9-19(10-3-1)23(21-11-6-14-22-16-21)20-13-12-17-7-4-5-8-18(17)15-20/h1-16H. The first-order valence-corrected chi connectivity index (χ1v) is 7.66. The van der Waals surface area contributed by atoms with Crippen LogP contribution in [0.4, 0.5) is 17.1 Å². The van der Waals surface area contributed by atoms with E-state index in [9.17, 15) is 0 Å². The number of hydrogen-bond donors (Lipinski definition) is 0. The summed E-state index contributed by atoms with van der Waals surface area (Å²) in [5.41, 5.74) is 3.30. The average Bonchev–Trinajstić information content (AvgIpc) is 2.64. The van der Waals surface area contributed by atoms with Gasteiger partial charge in [0.05, 0.1) is 11.9 Å². The van der Waals surface area contributed by atoms with Crippen LogP contribution in [0.3, 0.4) is 0 Å². The number of anilines is 3. The molecule has 0 aliphatic carbocycles. The maximum Gasteiger partial charge on any atom is 0.0644 e. The zero-order chi connectivity index (χ0) is 15.5. The SMILES string of the molecule is c1ccc(N(c2cccnc2)c2ccc3ccccc3c2)cc1. The molecule has 0 radical (unpaired) electrons. The van der Waals surface area contributed by atoms with E-state index in [2.05, 4.69) is 82.7 Å². The molecule has 0 unspecified atom stereocenters. The summed E-state index contributed by atoms with van der Waals surface area (Å²) in [6.45, 7) is 0. The van der Waals surface area contributed by atoms with E-state index in [1.54, 1.807) is 6.20 Å². The first kappa shape index (κ1) is 13.5. The van der Waals surface area contributed by atoms with Gasteiger partial charge >= 0.3 is 0 Å². The van der Waals surface area contributed by atoms with Crippen LogP contribution in [0.15, 0.2) is 97.3 Å². The quantitative estimate of drug-likeness (QED) is 0.482. The maximum absolute atomic E-state index is 4.28. The molecule has 2 nitrogen and oxygen atoms in total. The minimum Gasteiger partial charge on any atom is -0.309 e. The summed E-state index contributed by atoms with van der Waals surface area (Å²) in [5, 5.41) is 2.48. The molecule has 0 aliphatic rings. The molecule has 0 N–H and O–H groups in total. The second-order valence-electron chi connectivity index (χ2n) is 5.41. The Morgan fingerprint density at radius 1 is 0.565 bits per heavy atom. The molecule has 23 heavy (non-hydrogen) atoms. The molecule has 1 heterocycles. The van der Waals surface area contributed by atoms with Gasteiger partial charge in [-0.3, -0.25) is 4.98 Å². The number of hydrogen-bond acceptors (Lipinski definition) is 2. The molecule has 0 saturated carbocycles. The van der Waals surface area contributed by atoms with Gasteiger partial charge in [0, 0.05) is 17.6 Å². The maximum atomic E-state index is 4.28. The van der Waals surface area contributed by atoms with Crippen molar-refractivity contribution in [2.45, 2.75) is 0 Å². The predicted molar refractivity (Wildman–Crippen MR) is 96.4 cm³/mol. The largest absolute Gasteiger partial charge is 0.309 e. The third-order valence-corrected chi connectivity index (χ3v) is 3.91. The van der Waals surface area contributed by atoms with E-state index in [0.29, 0.717) is 0 Å². The molecule has 0 aliphatic heterocycles. The van der Waals surface area contributed by atoms with Crippen LogP contribution in [-0.2, 0) is 0 Å². The summed E-state index contributed by atoms with van der Waals surface area (Å²) in [7, 11) is 0. The van der Waals surface area contributed by atoms with Crippen LogP contribution >= 0.6 is 0 Å². The molecular formula is C21H16N2. The van der Waals surface area contributed by atoms with E-state index >= 15 is 0 Å². The normalized spacial score (nSPS) is 10.6. The summed E-state index contributed by atoms with van der Waals surface area (Å²) in [6.07, 6.45) is 3.69. The van der Waals surface area contributed by atoms with E-state index in [-0.39, 0.29) is 0 Å². The highest BCUT2D eigenvalue weighted by Gasteiger charge is 2.12. The van der Waals surface area contributed by atoms with Gasteiger partial charge in [0.15, 0.2) is 0 Å². The van der Waals surface area contributed by atoms with Crippen molar-refractivity contribution in [2.75, 3.05) is 4.90 Å². The summed E-state index contributed by atoms with van der Waals surface area (Å²) in [5.74, 6) is 0. The highest BCUT2D eigenvalue weighted by molar-refractivity contribution is 5.89. The lowest BCUT2D eigenvalue weighted by atomic mass is 10.1. The van der Waals surface area contributed by atoms with Gasteiger partial charge in [0.1, 0.15) is 0 Å². The number of benzene rings is 3. The Hall–Kier alpha value is -3.13. The van der Waals surface area contributed by atoms with Gasteiger partial charge in [-0.25, -0.2) is 0 Å². The summed E-state index contributed by atoms with van der Waals surface area (Å²) in [4.78, 5) is 6.50. The number of nitrogens with zero attached hydrogens (tertiary/aromatic N) is 2. The molecule has 0 spiro atoms.